The Morgan fingerprint density at radius 2 is 2.03 bits per heavy atom. The molecule has 2 fully saturated rings. The van der Waals surface area contributed by atoms with E-state index in [1.54, 1.807) is 0 Å². The second-order valence-electron chi connectivity index (χ2n) is 8.68. The fraction of sp³-hybridized carbons (Fsp3) is 0.609. The van der Waals surface area contributed by atoms with Gasteiger partial charge in [-0.05, 0) is 45.1 Å². The minimum absolute atomic E-state index is 0.159. The molecule has 0 radical (unpaired) electrons. The number of benzene rings is 1. The number of rotatable bonds is 6. The highest BCUT2D eigenvalue weighted by Gasteiger charge is 2.48. The van der Waals surface area contributed by atoms with Crippen LogP contribution < -0.4 is 0 Å². The van der Waals surface area contributed by atoms with Crippen LogP contribution in [0.4, 0.5) is 0 Å². The maximum Gasteiger partial charge on any atom is 0.314 e. The van der Waals surface area contributed by atoms with E-state index in [2.05, 4.69) is 36.3 Å². The van der Waals surface area contributed by atoms with Crippen molar-refractivity contribution in [1.82, 2.24) is 4.90 Å². The minimum atomic E-state index is -0.707. The van der Waals surface area contributed by atoms with Crippen LogP contribution in [0.3, 0.4) is 0 Å². The van der Waals surface area contributed by atoms with Crippen LogP contribution in [0.15, 0.2) is 29.4 Å². The second kappa shape index (κ2) is 8.17. The molecule has 6 heteroatoms. The maximum atomic E-state index is 13.0. The van der Waals surface area contributed by atoms with Gasteiger partial charge in [0.2, 0.25) is 5.91 Å². The Balaban J connectivity index is 1.47. The van der Waals surface area contributed by atoms with Gasteiger partial charge in [0.05, 0.1) is 17.7 Å². The zero-order valence-electron chi connectivity index (χ0n) is 17.4. The van der Waals surface area contributed by atoms with E-state index in [0.29, 0.717) is 26.0 Å². The molecule has 0 N–H and O–H groups in total. The molecule has 0 bridgehead atoms. The normalized spacial score (nSPS) is 26.6. The summed E-state index contributed by atoms with van der Waals surface area (Å²) >= 11 is 0. The summed E-state index contributed by atoms with van der Waals surface area (Å²) in [4.78, 5) is 33.3. The molecule has 1 saturated heterocycles. The van der Waals surface area contributed by atoms with Crippen molar-refractivity contribution in [3.05, 3.63) is 35.4 Å². The molecule has 6 nitrogen and oxygen atoms in total. The van der Waals surface area contributed by atoms with Crippen LogP contribution >= 0.6 is 0 Å². The zero-order valence-corrected chi connectivity index (χ0v) is 17.4. The van der Waals surface area contributed by atoms with Crippen LogP contribution in [-0.2, 0) is 19.2 Å². The van der Waals surface area contributed by atoms with Gasteiger partial charge in [-0.15, -0.1) is 0 Å². The Bertz CT molecular complexity index is 800. The van der Waals surface area contributed by atoms with Crippen molar-refractivity contribution < 1.29 is 19.2 Å². The maximum absolute atomic E-state index is 13.0. The smallest absolute Gasteiger partial charge is 0.314 e. The lowest BCUT2D eigenvalue weighted by Gasteiger charge is -2.41. The van der Waals surface area contributed by atoms with Gasteiger partial charge in [-0.1, -0.05) is 35.0 Å². The van der Waals surface area contributed by atoms with E-state index in [1.807, 2.05) is 11.8 Å². The summed E-state index contributed by atoms with van der Waals surface area (Å²) < 4.78 is 5.45. The molecule has 0 unspecified atom stereocenters. The predicted molar refractivity (Wildman–Crippen MR) is 109 cm³/mol. The van der Waals surface area contributed by atoms with Gasteiger partial charge in [0.15, 0.2) is 0 Å². The highest BCUT2D eigenvalue weighted by Crippen LogP contribution is 2.41. The monoisotopic (exact) mass is 398 g/mol. The fourth-order valence-electron chi connectivity index (χ4n) is 4.50. The first-order valence-corrected chi connectivity index (χ1v) is 10.8. The van der Waals surface area contributed by atoms with E-state index >= 15 is 0 Å². The third kappa shape index (κ3) is 4.31. The molecule has 29 heavy (non-hydrogen) atoms. The Labute approximate surface area is 172 Å². The van der Waals surface area contributed by atoms with Crippen LogP contribution in [0.5, 0.6) is 0 Å². The number of aryl methyl sites for hydroxylation is 1. The van der Waals surface area contributed by atoms with E-state index < -0.39 is 5.41 Å². The second-order valence-corrected chi connectivity index (χ2v) is 8.68. The van der Waals surface area contributed by atoms with Gasteiger partial charge >= 0.3 is 5.97 Å². The molecule has 2 atom stereocenters. The van der Waals surface area contributed by atoms with Gasteiger partial charge in [0.1, 0.15) is 6.10 Å². The number of esters is 1. The van der Waals surface area contributed by atoms with Gasteiger partial charge in [0.25, 0.3) is 0 Å². The first-order chi connectivity index (χ1) is 14.0. The lowest BCUT2D eigenvalue weighted by molar-refractivity contribution is -0.164. The molecule has 4 rings (SSSR count). The molecule has 1 saturated carbocycles. The van der Waals surface area contributed by atoms with Crippen LogP contribution in [0, 0.1) is 18.3 Å². The van der Waals surface area contributed by atoms with Crippen molar-refractivity contribution in [3.63, 3.8) is 0 Å². The van der Waals surface area contributed by atoms with Crippen molar-refractivity contribution in [1.29, 1.82) is 0 Å². The number of nitrogens with zero attached hydrogens (tertiary/aromatic N) is 2. The number of carbonyl (C=O) groups excluding carboxylic acids is 2. The topological polar surface area (TPSA) is 68.2 Å². The number of carbonyl (C=O) groups is 2. The highest BCUT2D eigenvalue weighted by molar-refractivity contribution is 6.01. The third-order valence-electron chi connectivity index (χ3n) is 6.26. The van der Waals surface area contributed by atoms with Crippen molar-refractivity contribution in [2.24, 2.45) is 16.5 Å². The lowest BCUT2D eigenvalue weighted by Crippen LogP contribution is -2.52. The Morgan fingerprint density at radius 1 is 1.28 bits per heavy atom. The van der Waals surface area contributed by atoms with Crippen LogP contribution in [0.25, 0.3) is 0 Å². The molecule has 2 aliphatic heterocycles. The quantitative estimate of drug-likeness (QED) is 0.688. The van der Waals surface area contributed by atoms with Gasteiger partial charge in [-0.25, -0.2) is 0 Å². The van der Waals surface area contributed by atoms with Crippen LogP contribution in [0.2, 0.25) is 0 Å². The summed E-state index contributed by atoms with van der Waals surface area (Å²) in [5, 5.41) is 4.30. The van der Waals surface area contributed by atoms with Crippen molar-refractivity contribution in [3.8, 4) is 0 Å². The number of amides is 1. The molecule has 1 amide bonds. The Morgan fingerprint density at radius 3 is 2.72 bits per heavy atom. The van der Waals surface area contributed by atoms with E-state index in [1.165, 1.54) is 5.56 Å². The number of hydrogen-bond acceptors (Lipinski definition) is 5. The van der Waals surface area contributed by atoms with E-state index in [-0.39, 0.29) is 23.9 Å². The van der Waals surface area contributed by atoms with Gasteiger partial charge < -0.3 is 14.5 Å². The summed E-state index contributed by atoms with van der Waals surface area (Å²) in [6.45, 7) is 5.38. The number of hydrogen-bond donors (Lipinski definition) is 0. The fourth-order valence-corrected chi connectivity index (χ4v) is 4.50. The van der Waals surface area contributed by atoms with Crippen molar-refractivity contribution in [2.45, 2.75) is 58.5 Å². The molecule has 1 aromatic carbocycles. The van der Waals surface area contributed by atoms with E-state index in [9.17, 15) is 9.59 Å². The molecule has 156 valence electrons. The summed E-state index contributed by atoms with van der Waals surface area (Å²) in [6, 6.07) is 8.23. The van der Waals surface area contributed by atoms with E-state index in [4.69, 9.17) is 9.57 Å². The Kier molecular flexibility index (Phi) is 5.61. The van der Waals surface area contributed by atoms with Crippen LogP contribution in [-0.4, -0.2) is 48.3 Å². The van der Waals surface area contributed by atoms with Crippen molar-refractivity contribution in [2.75, 3.05) is 19.7 Å². The third-order valence-corrected chi connectivity index (χ3v) is 6.26. The van der Waals surface area contributed by atoms with Gasteiger partial charge in [0, 0.05) is 31.8 Å². The number of oxime groups is 1. The van der Waals surface area contributed by atoms with Gasteiger partial charge in [-0.2, -0.15) is 0 Å². The molecule has 3 aliphatic rings. The molecule has 0 spiro atoms. The average molecular weight is 399 g/mol. The number of likely N-dealkylation sites (tertiary alicyclic amines) is 1. The SMILES string of the molecule is CCOC(=O)[C@@]1(C[C@@H]2CC(c3ccc(C)cc3)=NO2)CCCN(C(=O)C2CC2)C1. The molecule has 1 aliphatic carbocycles. The summed E-state index contributed by atoms with van der Waals surface area (Å²) in [7, 11) is 0. The standard InChI is InChI=1S/C23H30N2O4/c1-3-28-22(27)23(11-4-12-25(15-23)21(26)18-9-10-18)14-19-13-20(24-29-19)17-7-5-16(2)6-8-17/h5-8,18-19H,3-4,9-15H2,1-2H3/t19-,23+/m0/s1. The first kappa shape index (κ1) is 19.9. The summed E-state index contributed by atoms with van der Waals surface area (Å²) in [5.74, 6) is 0.148. The Hall–Kier alpha value is -2.37. The number of piperidine rings is 1. The van der Waals surface area contributed by atoms with E-state index in [0.717, 1.165) is 43.5 Å². The molecule has 1 aromatic rings. The zero-order chi connectivity index (χ0) is 20.4. The average Bonchev–Trinajstić information content (AvgIpc) is 3.48. The largest absolute Gasteiger partial charge is 0.466 e. The molecular formula is C23H30N2O4. The first-order valence-electron chi connectivity index (χ1n) is 10.8. The summed E-state index contributed by atoms with van der Waals surface area (Å²) in [5.41, 5.74) is 2.46. The number of ether oxygens (including phenoxy) is 1. The molecule has 2 heterocycles. The highest BCUT2D eigenvalue weighted by atomic mass is 16.6. The lowest BCUT2D eigenvalue weighted by atomic mass is 9.74. The summed E-state index contributed by atoms with van der Waals surface area (Å²) in [6.07, 6.45) is 4.50. The molecular weight excluding hydrogens is 368 g/mol. The molecule has 0 aromatic heterocycles. The van der Waals surface area contributed by atoms with Gasteiger partial charge in [-0.3, -0.25) is 9.59 Å². The van der Waals surface area contributed by atoms with Crippen molar-refractivity contribution >= 4 is 17.6 Å². The minimum Gasteiger partial charge on any atom is -0.466 e. The van der Waals surface area contributed by atoms with Crippen LogP contribution in [0.1, 0.15) is 56.6 Å². The predicted octanol–water partition coefficient (Wildman–Crippen LogP) is 3.46.